The fourth-order valence-corrected chi connectivity index (χ4v) is 6.42. The average molecular weight is 595 g/mol. The topological polar surface area (TPSA) is 51.6 Å². The lowest BCUT2D eigenvalue weighted by Gasteiger charge is -2.12. The third kappa shape index (κ3) is 5.53. The van der Waals surface area contributed by atoms with Gasteiger partial charge in [0.1, 0.15) is 5.01 Å². The fraction of sp³-hybridized carbons (Fsp3) is 0. The van der Waals surface area contributed by atoms with E-state index in [0.29, 0.717) is 17.5 Å². The van der Waals surface area contributed by atoms with Crippen molar-refractivity contribution in [2.45, 2.75) is 0 Å². The zero-order valence-corrected chi connectivity index (χ0v) is 25.0. The van der Waals surface area contributed by atoms with Crippen molar-refractivity contribution in [3.8, 4) is 67.0 Å². The molecule has 2 heterocycles. The van der Waals surface area contributed by atoms with Gasteiger partial charge < -0.3 is 0 Å². The minimum Gasteiger partial charge on any atom is -0.236 e. The van der Waals surface area contributed by atoms with E-state index in [4.69, 9.17) is 19.9 Å². The van der Waals surface area contributed by atoms with E-state index in [2.05, 4.69) is 84.9 Å². The first-order chi connectivity index (χ1) is 22.3. The molecule has 0 amide bonds. The number of fused-ring (bicyclic) bond motifs is 1. The minimum atomic E-state index is 0.628. The molecule has 0 bridgehead atoms. The fourth-order valence-electron chi connectivity index (χ4n) is 5.47. The van der Waals surface area contributed by atoms with Crippen molar-refractivity contribution in [3.63, 3.8) is 0 Å². The van der Waals surface area contributed by atoms with Crippen molar-refractivity contribution < 1.29 is 0 Å². The van der Waals surface area contributed by atoms with Crippen LogP contribution in [0.25, 0.3) is 77.2 Å². The number of aromatic nitrogens is 4. The van der Waals surface area contributed by atoms with Gasteiger partial charge in [-0.05, 0) is 52.6 Å². The zero-order valence-electron chi connectivity index (χ0n) is 24.2. The van der Waals surface area contributed by atoms with Crippen LogP contribution in [-0.2, 0) is 0 Å². The van der Waals surface area contributed by atoms with Crippen molar-refractivity contribution in [1.29, 1.82) is 0 Å². The van der Waals surface area contributed by atoms with Crippen LogP contribution >= 0.6 is 11.3 Å². The number of rotatable bonds is 6. The van der Waals surface area contributed by atoms with Crippen LogP contribution in [0.5, 0.6) is 0 Å². The summed E-state index contributed by atoms with van der Waals surface area (Å²) in [6.07, 6.45) is 0. The molecule has 0 spiro atoms. The molecule has 0 fully saturated rings. The van der Waals surface area contributed by atoms with Gasteiger partial charge in [0.2, 0.25) is 0 Å². The molecule has 2 aromatic heterocycles. The van der Waals surface area contributed by atoms with Crippen LogP contribution in [-0.4, -0.2) is 19.9 Å². The monoisotopic (exact) mass is 594 g/mol. The van der Waals surface area contributed by atoms with Gasteiger partial charge in [0.15, 0.2) is 17.5 Å². The van der Waals surface area contributed by atoms with Crippen molar-refractivity contribution in [1.82, 2.24) is 19.9 Å². The highest BCUT2D eigenvalue weighted by molar-refractivity contribution is 7.21. The lowest BCUT2D eigenvalue weighted by Crippen LogP contribution is -2.00. The maximum absolute atomic E-state index is 5.02. The molecule has 8 rings (SSSR count). The maximum Gasteiger partial charge on any atom is 0.164 e. The van der Waals surface area contributed by atoms with Gasteiger partial charge in [0, 0.05) is 22.3 Å². The molecular formula is C40H26N4S. The molecule has 0 aliphatic rings. The number of thiazole rings is 1. The van der Waals surface area contributed by atoms with E-state index in [1.54, 1.807) is 11.3 Å². The highest BCUT2D eigenvalue weighted by atomic mass is 32.1. The van der Waals surface area contributed by atoms with Crippen molar-refractivity contribution in [3.05, 3.63) is 158 Å². The largest absolute Gasteiger partial charge is 0.236 e. The molecule has 0 radical (unpaired) electrons. The van der Waals surface area contributed by atoms with Gasteiger partial charge in [-0.2, -0.15) is 0 Å². The van der Waals surface area contributed by atoms with E-state index >= 15 is 0 Å². The predicted molar refractivity (Wildman–Crippen MR) is 186 cm³/mol. The van der Waals surface area contributed by atoms with Crippen molar-refractivity contribution >= 4 is 21.6 Å². The van der Waals surface area contributed by atoms with E-state index < -0.39 is 0 Å². The van der Waals surface area contributed by atoms with Crippen LogP contribution in [0.3, 0.4) is 0 Å². The van der Waals surface area contributed by atoms with E-state index in [-0.39, 0.29) is 0 Å². The lowest BCUT2D eigenvalue weighted by molar-refractivity contribution is 1.07. The molecule has 8 aromatic rings. The second kappa shape index (κ2) is 11.7. The normalized spacial score (nSPS) is 11.1. The molecule has 0 atom stereocenters. The Hall–Kier alpha value is -5.78. The van der Waals surface area contributed by atoms with Gasteiger partial charge in [-0.15, -0.1) is 11.3 Å². The highest BCUT2D eigenvalue weighted by Crippen LogP contribution is 2.36. The second-order valence-corrected chi connectivity index (χ2v) is 11.8. The first kappa shape index (κ1) is 26.8. The van der Waals surface area contributed by atoms with Crippen LogP contribution in [0.4, 0.5) is 0 Å². The Morgan fingerprint density at radius 2 is 0.756 bits per heavy atom. The molecule has 5 heteroatoms. The van der Waals surface area contributed by atoms with Gasteiger partial charge in [0.05, 0.1) is 10.2 Å². The molecule has 0 unspecified atom stereocenters. The second-order valence-electron chi connectivity index (χ2n) is 10.8. The number of benzene rings is 6. The summed E-state index contributed by atoms with van der Waals surface area (Å²) in [5.41, 5.74) is 9.32. The predicted octanol–water partition coefficient (Wildman–Crippen LogP) is 10.5. The van der Waals surface area contributed by atoms with Gasteiger partial charge in [-0.3, -0.25) is 0 Å². The standard InChI is InChI=1S/C40H26N4S/c1-5-13-27(14-6-1)32-23-33(31-21-22-36-35(26-31)41-40(45-36)30-19-11-4-12-20-30)25-34(24-32)39-43-37(28-15-7-2-8-16-28)42-38(44-39)29-17-9-3-10-18-29/h1-26H. The molecule has 45 heavy (non-hydrogen) atoms. The van der Waals surface area contributed by atoms with Crippen LogP contribution in [0.15, 0.2) is 158 Å². The first-order valence-corrected chi connectivity index (χ1v) is 15.6. The summed E-state index contributed by atoms with van der Waals surface area (Å²) in [5, 5.41) is 1.02. The summed E-state index contributed by atoms with van der Waals surface area (Å²) >= 11 is 1.72. The Kier molecular flexibility index (Phi) is 6.98. The number of hydrogen-bond donors (Lipinski definition) is 0. The van der Waals surface area contributed by atoms with E-state index in [0.717, 1.165) is 59.7 Å². The third-order valence-corrected chi connectivity index (χ3v) is 8.82. The van der Waals surface area contributed by atoms with Crippen LogP contribution in [0, 0.1) is 0 Å². The smallest absolute Gasteiger partial charge is 0.164 e. The number of hydrogen-bond acceptors (Lipinski definition) is 5. The molecule has 0 N–H and O–H groups in total. The molecule has 0 aliphatic carbocycles. The SMILES string of the molecule is c1ccc(-c2cc(-c3ccc4sc(-c5ccccc5)nc4c3)cc(-c3nc(-c4ccccc4)nc(-c4ccccc4)n3)c2)cc1. The minimum absolute atomic E-state index is 0.628. The summed E-state index contributed by atoms with van der Waals surface area (Å²) in [5.74, 6) is 1.91. The Bertz CT molecular complexity index is 2190. The molecule has 6 aromatic carbocycles. The first-order valence-electron chi connectivity index (χ1n) is 14.8. The Labute approximate surface area is 265 Å². The van der Waals surface area contributed by atoms with Crippen LogP contribution in [0.1, 0.15) is 0 Å². The Morgan fingerprint density at radius 3 is 1.31 bits per heavy atom. The summed E-state index contributed by atoms with van der Waals surface area (Å²) < 4.78 is 1.16. The molecule has 0 saturated heterocycles. The summed E-state index contributed by atoms with van der Waals surface area (Å²) in [7, 11) is 0. The average Bonchev–Trinajstić information content (AvgIpc) is 3.57. The van der Waals surface area contributed by atoms with Gasteiger partial charge in [0.25, 0.3) is 0 Å². The van der Waals surface area contributed by atoms with Crippen molar-refractivity contribution in [2.75, 3.05) is 0 Å². The van der Waals surface area contributed by atoms with Crippen LogP contribution in [0.2, 0.25) is 0 Å². The molecular weight excluding hydrogens is 569 g/mol. The third-order valence-electron chi connectivity index (χ3n) is 7.74. The lowest BCUT2D eigenvalue weighted by atomic mass is 9.95. The maximum atomic E-state index is 5.02. The summed E-state index contributed by atoms with van der Waals surface area (Å²) in [6, 6.07) is 54.1. The Balaban J connectivity index is 1.30. The van der Waals surface area contributed by atoms with Gasteiger partial charge >= 0.3 is 0 Å². The van der Waals surface area contributed by atoms with E-state index in [1.165, 1.54) is 0 Å². The van der Waals surface area contributed by atoms with Crippen LogP contribution < -0.4 is 0 Å². The number of nitrogens with zero attached hydrogens (tertiary/aromatic N) is 4. The molecule has 212 valence electrons. The molecule has 0 saturated carbocycles. The molecule has 4 nitrogen and oxygen atoms in total. The summed E-state index contributed by atoms with van der Waals surface area (Å²) in [4.78, 5) is 19.9. The van der Waals surface area contributed by atoms with Gasteiger partial charge in [-0.1, -0.05) is 127 Å². The quantitative estimate of drug-likeness (QED) is 0.192. The zero-order chi connectivity index (χ0) is 30.0. The highest BCUT2D eigenvalue weighted by Gasteiger charge is 2.15. The van der Waals surface area contributed by atoms with Gasteiger partial charge in [-0.25, -0.2) is 19.9 Å². The van der Waals surface area contributed by atoms with E-state index in [9.17, 15) is 0 Å². The Morgan fingerprint density at radius 1 is 0.311 bits per heavy atom. The molecule has 0 aliphatic heterocycles. The van der Waals surface area contributed by atoms with Crippen molar-refractivity contribution in [2.24, 2.45) is 0 Å². The summed E-state index contributed by atoms with van der Waals surface area (Å²) in [6.45, 7) is 0. The van der Waals surface area contributed by atoms with E-state index in [1.807, 2.05) is 72.8 Å².